The maximum atomic E-state index is 13.3. The molecule has 1 aromatic carbocycles. The van der Waals surface area contributed by atoms with Gasteiger partial charge in [0.05, 0.1) is 0 Å². The highest BCUT2D eigenvalue weighted by molar-refractivity contribution is 5.93. The monoisotopic (exact) mass is 232 g/mol. The van der Waals surface area contributed by atoms with Gasteiger partial charge in [0.25, 0.3) is 0 Å². The van der Waals surface area contributed by atoms with E-state index in [4.69, 9.17) is 10.2 Å². The smallest absolute Gasteiger partial charge is 0.340 e. The molecule has 0 unspecified atom stereocenters. The van der Waals surface area contributed by atoms with E-state index in [9.17, 15) is 18.7 Å². The number of aromatic carboxylic acids is 1. The van der Waals surface area contributed by atoms with Gasteiger partial charge in [0, 0.05) is 5.56 Å². The third-order valence-corrected chi connectivity index (χ3v) is 2.14. The molecule has 0 bridgehead atoms. The van der Waals surface area contributed by atoms with Crippen LogP contribution in [-0.4, -0.2) is 21.3 Å². The van der Waals surface area contributed by atoms with Crippen molar-refractivity contribution >= 4 is 5.97 Å². The number of aromatic hydroxyl groups is 2. The van der Waals surface area contributed by atoms with Crippen LogP contribution >= 0.6 is 0 Å². The average molecular weight is 232 g/mol. The Balaban J connectivity index is 3.61. The molecular formula is C10H10F2O4. The molecule has 88 valence electrons. The second kappa shape index (κ2) is 4.34. The van der Waals surface area contributed by atoms with E-state index in [0.717, 1.165) is 0 Å². The van der Waals surface area contributed by atoms with Crippen molar-refractivity contribution in [2.45, 2.75) is 19.8 Å². The molecule has 1 rings (SSSR count). The quantitative estimate of drug-likeness (QED) is 0.697. The van der Waals surface area contributed by atoms with Gasteiger partial charge in [-0.3, -0.25) is 0 Å². The Bertz CT molecular complexity index is 443. The number of phenolic OH excluding ortho intramolecular Hbond substituents is 1. The zero-order valence-corrected chi connectivity index (χ0v) is 8.42. The van der Waals surface area contributed by atoms with Gasteiger partial charge in [0.2, 0.25) is 5.82 Å². The van der Waals surface area contributed by atoms with Gasteiger partial charge in [-0.15, -0.1) is 0 Å². The number of hydrogen-bond donors (Lipinski definition) is 3. The summed E-state index contributed by atoms with van der Waals surface area (Å²) in [6.45, 7) is 1.65. The van der Waals surface area contributed by atoms with E-state index in [1.807, 2.05) is 0 Å². The molecule has 0 saturated carbocycles. The number of halogens is 2. The van der Waals surface area contributed by atoms with Crippen LogP contribution in [0.25, 0.3) is 0 Å². The molecule has 3 N–H and O–H groups in total. The summed E-state index contributed by atoms with van der Waals surface area (Å²) in [5.41, 5.74) is -1.24. The number of phenols is 2. The zero-order chi connectivity index (χ0) is 12.5. The molecule has 1 aromatic rings. The van der Waals surface area contributed by atoms with Crippen molar-refractivity contribution in [2.24, 2.45) is 0 Å². The number of carbonyl (C=O) groups is 1. The van der Waals surface area contributed by atoms with E-state index in [2.05, 4.69) is 0 Å². The summed E-state index contributed by atoms with van der Waals surface area (Å²) in [6, 6.07) is 0. The summed E-state index contributed by atoms with van der Waals surface area (Å²) < 4.78 is 26.4. The number of benzene rings is 1. The molecule has 0 aliphatic rings. The molecule has 0 aliphatic heterocycles. The maximum Gasteiger partial charge on any atom is 0.340 e. The van der Waals surface area contributed by atoms with Crippen molar-refractivity contribution in [2.75, 3.05) is 0 Å². The Labute approximate surface area is 89.8 Å². The first kappa shape index (κ1) is 12.2. The van der Waals surface area contributed by atoms with Crippen LogP contribution in [0.5, 0.6) is 11.5 Å². The molecule has 0 heterocycles. The molecule has 16 heavy (non-hydrogen) atoms. The molecule has 0 fully saturated rings. The minimum Gasteiger partial charge on any atom is -0.504 e. The summed E-state index contributed by atoms with van der Waals surface area (Å²) in [7, 11) is 0. The first-order valence-electron chi connectivity index (χ1n) is 4.56. The minimum absolute atomic E-state index is 0.0434. The highest BCUT2D eigenvalue weighted by Gasteiger charge is 2.27. The predicted octanol–water partition coefficient (Wildman–Crippen LogP) is 2.03. The van der Waals surface area contributed by atoms with Crippen LogP contribution < -0.4 is 0 Å². The van der Waals surface area contributed by atoms with Crippen LogP contribution in [0.15, 0.2) is 0 Å². The van der Waals surface area contributed by atoms with E-state index in [-0.39, 0.29) is 6.42 Å². The van der Waals surface area contributed by atoms with Crippen LogP contribution in [-0.2, 0) is 6.42 Å². The lowest BCUT2D eigenvalue weighted by Gasteiger charge is -2.11. The number of rotatable bonds is 3. The van der Waals surface area contributed by atoms with E-state index in [1.54, 1.807) is 6.92 Å². The second-order valence-electron chi connectivity index (χ2n) is 3.23. The summed E-state index contributed by atoms with van der Waals surface area (Å²) >= 11 is 0. The largest absolute Gasteiger partial charge is 0.504 e. The van der Waals surface area contributed by atoms with Crippen molar-refractivity contribution in [3.63, 3.8) is 0 Å². The van der Waals surface area contributed by atoms with Gasteiger partial charge in [-0.1, -0.05) is 13.3 Å². The Morgan fingerprint density at radius 1 is 1.19 bits per heavy atom. The molecule has 6 heteroatoms. The highest BCUT2D eigenvalue weighted by Crippen LogP contribution is 2.37. The van der Waals surface area contributed by atoms with Crippen LogP contribution in [0.3, 0.4) is 0 Å². The SMILES string of the molecule is CCCc1c(F)c(F)c(O)c(O)c1C(=O)O. The fourth-order valence-corrected chi connectivity index (χ4v) is 1.43. The van der Waals surface area contributed by atoms with Crippen LogP contribution in [0.4, 0.5) is 8.78 Å². The second-order valence-corrected chi connectivity index (χ2v) is 3.23. The van der Waals surface area contributed by atoms with Crippen LogP contribution in [0.2, 0.25) is 0 Å². The summed E-state index contributed by atoms with van der Waals surface area (Å²) in [6.07, 6.45) is 0.332. The zero-order valence-electron chi connectivity index (χ0n) is 8.42. The topological polar surface area (TPSA) is 77.8 Å². The molecule has 0 aliphatic carbocycles. The minimum atomic E-state index is -1.63. The van der Waals surface area contributed by atoms with E-state index >= 15 is 0 Å². The van der Waals surface area contributed by atoms with E-state index in [1.165, 1.54) is 0 Å². The highest BCUT2D eigenvalue weighted by atomic mass is 19.2. The van der Waals surface area contributed by atoms with Gasteiger partial charge in [0.1, 0.15) is 5.56 Å². The molecular weight excluding hydrogens is 222 g/mol. The van der Waals surface area contributed by atoms with E-state index < -0.39 is 40.2 Å². The Morgan fingerprint density at radius 3 is 2.19 bits per heavy atom. The first-order valence-corrected chi connectivity index (χ1v) is 4.56. The van der Waals surface area contributed by atoms with E-state index in [0.29, 0.717) is 6.42 Å². The summed E-state index contributed by atoms with van der Waals surface area (Å²) in [5.74, 6) is -7.21. The van der Waals surface area contributed by atoms with Gasteiger partial charge in [-0.2, -0.15) is 4.39 Å². The molecule has 0 aromatic heterocycles. The lowest BCUT2D eigenvalue weighted by atomic mass is 10.0. The molecule has 0 saturated heterocycles. The molecule has 0 spiro atoms. The fraction of sp³-hybridized carbons (Fsp3) is 0.300. The summed E-state index contributed by atoms with van der Waals surface area (Å²) in [4.78, 5) is 10.8. The molecule has 4 nitrogen and oxygen atoms in total. The lowest BCUT2D eigenvalue weighted by molar-refractivity contribution is 0.0690. The Kier molecular flexibility index (Phi) is 3.31. The molecule has 0 atom stereocenters. The third-order valence-electron chi connectivity index (χ3n) is 2.14. The summed E-state index contributed by atoms with van der Waals surface area (Å²) in [5, 5.41) is 27.0. The van der Waals surface area contributed by atoms with Crippen molar-refractivity contribution in [3.8, 4) is 11.5 Å². The first-order chi connectivity index (χ1) is 7.41. The van der Waals surface area contributed by atoms with Crippen LogP contribution in [0.1, 0.15) is 29.3 Å². The van der Waals surface area contributed by atoms with Gasteiger partial charge in [-0.05, 0) is 6.42 Å². The standard InChI is InChI=1S/C10H10F2O4/c1-2-3-4-5(10(15)16)8(13)9(14)7(12)6(4)11/h13-14H,2-3H2,1H3,(H,15,16). The van der Waals surface area contributed by atoms with Crippen molar-refractivity contribution in [3.05, 3.63) is 22.8 Å². The van der Waals surface area contributed by atoms with Crippen LogP contribution in [0, 0.1) is 11.6 Å². The van der Waals surface area contributed by atoms with Gasteiger partial charge in [0.15, 0.2) is 17.3 Å². The maximum absolute atomic E-state index is 13.3. The van der Waals surface area contributed by atoms with Gasteiger partial charge in [-0.25, -0.2) is 9.18 Å². The van der Waals surface area contributed by atoms with Gasteiger partial charge < -0.3 is 15.3 Å². The predicted molar refractivity (Wildman–Crippen MR) is 50.6 cm³/mol. The lowest BCUT2D eigenvalue weighted by Crippen LogP contribution is -2.08. The van der Waals surface area contributed by atoms with Gasteiger partial charge >= 0.3 is 5.97 Å². The average Bonchev–Trinajstić information content (AvgIpc) is 2.23. The Hall–Kier alpha value is -1.85. The third kappa shape index (κ3) is 1.78. The number of carboxylic acids is 1. The molecule has 0 radical (unpaired) electrons. The number of hydrogen-bond acceptors (Lipinski definition) is 3. The molecule has 0 amide bonds. The Morgan fingerprint density at radius 2 is 1.75 bits per heavy atom. The van der Waals surface area contributed by atoms with Crippen molar-refractivity contribution < 1.29 is 28.9 Å². The fourth-order valence-electron chi connectivity index (χ4n) is 1.43. The number of carboxylic acid groups (broad SMARTS) is 1. The van der Waals surface area contributed by atoms with Crippen molar-refractivity contribution in [1.82, 2.24) is 0 Å². The van der Waals surface area contributed by atoms with Crippen molar-refractivity contribution in [1.29, 1.82) is 0 Å². The normalized spacial score (nSPS) is 10.4.